The molecule has 0 unspecified atom stereocenters. The number of pyridine rings is 1. The molecule has 0 atom stereocenters. The molecular weight excluding hydrogens is 290 g/mol. The Morgan fingerprint density at radius 3 is 2.74 bits per heavy atom. The smallest absolute Gasteiger partial charge is 0.217 e. The number of nitrogens with zero attached hydrogens (tertiary/aromatic N) is 1. The maximum Gasteiger partial charge on any atom is 0.217 e. The third-order valence-electron chi connectivity index (χ3n) is 4.43. The van der Waals surface area contributed by atoms with E-state index in [1.54, 1.807) is 13.0 Å². The summed E-state index contributed by atoms with van der Waals surface area (Å²) in [6, 6.07) is 7.90. The Kier molecular flexibility index (Phi) is 4.48. The first kappa shape index (κ1) is 15.7. The number of carbonyl (C=O) groups excluding carboxylic acids is 1. The van der Waals surface area contributed by atoms with Gasteiger partial charge in [-0.1, -0.05) is 11.6 Å². The normalized spacial score (nSPS) is 16.6. The molecule has 1 saturated heterocycles. The van der Waals surface area contributed by atoms with Crippen LogP contribution in [0.15, 0.2) is 29.1 Å². The Bertz CT molecular complexity index is 773. The van der Waals surface area contributed by atoms with E-state index in [1.807, 2.05) is 25.1 Å². The first-order valence-corrected chi connectivity index (χ1v) is 8.13. The lowest BCUT2D eigenvalue weighted by molar-refractivity contribution is -0.119. The number of hydrogen-bond acceptors (Lipinski definition) is 3. The van der Waals surface area contributed by atoms with E-state index in [1.165, 1.54) is 0 Å². The number of nitrogens with one attached hydrogen (secondary N) is 2. The number of likely N-dealkylation sites (tertiary alicyclic amines) is 1. The fourth-order valence-electron chi connectivity index (χ4n) is 3.26. The second-order valence-corrected chi connectivity index (χ2v) is 6.46. The zero-order valence-corrected chi connectivity index (χ0v) is 13.7. The highest BCUT2D eigenvalue weighted by molar-refractivity contribution is 5.79. The molecule has 1 aliphatic rings. The minimum absolute atomic E-state index is 0.0394. The highest BCUT2D eigenvalue weighted by Crippen LogP contribution is 2.15. The van der Waals surface area contributed by atoms with Gasteiger partial charge in [-0.2, -0.15) is 0 Å². The van der Waals surface area contributed by atoms with E-state index in [-0.39, 0.29) is 17.4 Å². The van der Waals surface area contributed by atoms with Crippen LogP contribution in [0.2, 0.25) is 0 Å². The quantitative estimate of drug-likeness (QED) is 0.910. The van der Waals surface area contributed by atoms with Crippen molar-refractivity contribution < 1.29 is 4.79 Å². The van der Waals surface area contributed by atoms with E-state index < -0.39 is 0 Å². The zero-order chi connectivity index (χ0) is 16.4. The van der Waals surface area contributed by atoms with E-state index in [2.05, 4.69) is 15.2 Å². The topological polar surface area (TPSA) is 65.2 Å². The Labute approximate surface area is 135 Å². The van der Waals surface area contributed by atoms with Crippen molar-refractivity contribution in [2.75, 3.05) is 13.1 Å². The van der Waals surface area contributed by atoms with Gasteiger partial charge in [0, 0.05) is 55.3 Å². The number of carbonyl (C=O) groups is 1. The Morgan fingerprint density at radius 2 is 2.04 bits per heavy atom. The molecule has 0 spiro atoms. The van der Waals surface area contributed by atoms with E-state index >= 15 is 0 Å². The maximum atomic E-state index is 12.3. The van der Waals surface area contributed by atoms with Crippen molar-refractivity contribution in [3.63, 3.8) is 0 Å². The highest BCUT2D eigenvalue weighted by atomic mass is 16.1. The van der Waals surface area contributed by atoms with Crippen LogP contribution >= 0.6 is 0 Å². The summed E-state index contributed by atoms with van der Waals surface area (Å²) in [7, 11) is 0. The van der Waals surface area contributed by atoms with Gasteiger partial charge in [-0.25, -0.2) is 0 Å². The summed E-state index contributed by atoms with van der Waals surface area (Å²) >= 11 is 0. The Hall–Kier alpha value is -2.14. The predicted octanol–water partition coefficient (Wildman–Crippen LogP) is 1.94. The second kappa shape index (κ2) is 6.54. The molecule has 23 heavy (non-hydrogen) atoms. The summed E-state index contributed by atoms with van der Waals surface area (Å²) in [6.07, 6.45) is 1.91. The largest absolute Gasteiger partial charge is 0.357 e. The van der Waals surface area contributed by atoms with Gasteiger partial charge in [-0.05, 0) is 31.9 Å². The van der Waals surface area contributed by atoms with Crippen LogP contribution in [0.4, 0.5) is 0 Å². The van der Waals surface area contributed by atoms with Crippen LogP contribution in [0.3, 0.4) is 0 Å². The van der Waals surface area contributed by atoms with Gasteiger partial charge < -0.3 is 10.3 Å². The molecule has 5 nitrogen and oxygen atoms in total. The monoisotopic (exact) mass is 313 g/mol. The summed E-state index contributed by atoms with van der Waals surface area (Å²) in [5.41, 5.74) is 3.01. The van der Waals surface area contributed by atoms with Crippen molar-refractivity contribution in [2.45, 2.75) is 39.3 Å². The molecule has 1 aromatic carbocycles. The lowest BCUT2D eigenvalue weighted by atomic mass is 10.0. The van der Waals surface area contributed by atoms with Crippen LogP contribution in [0.1, 0.15) is 31.0 Å². The number of aryl methyl sites for hydroxylation is 1. The zero-order valence-electron chi connectivity index (χ0n) is 13.7. The van der Waals surface area contributed by atoms with E-state index in [9.17, 15) is 9.59 Å². The third kappa shape index (κ3) is 3.79. The van der Waals surface area contributed by atoms with Gasteiger partial charge in [0.1, 0.15) is 0 Å². The van der Waals surface area contributed by atoms with E-state index in [0.717, 1.165) is 54.6 Å². The molecule has 2 heterocycles. The van der Waals surface area contributed by atoms with Gasteiger partial charge in [0.15, 0.2) is 5.43 Å². The molecule has 1 aromatic heterocycles. The summed E-state index contributed by atoms with van der Waals surface area (Å²) in [5.74, 6) is 0.0394. The lowest BCUT2D eigenvalue weighted by Crippen LogP contribution is -2.43. The van der Waals surface area contributed by atoms with Crippen molar-refractivity contribution >= 4 is 16.8 Å². The minimum atomic E-state index is 0.0394. The van der Waals surface area contributed by atoms with Gasteiger partial charge in [0.05, 0.1) is 0 Å². The SMILES string of the molecule is CC(=O)NC1CCN(Cc2cc(=O)c3cc(C)ccc3[nH]2)CC1. The molecule has 1 aliphatic heterocycles. The van der Waals surface area contributed by atoms with Crippen LogP contribution in [0, 0.1) is 6.92 Å². The number of benzene rings is 1. The van der Waals surface area contributed by atoms with Gasteiger partial charge in [0.2, 0.25) is 5.91 Å². The number of piperidine rings is 1. The maximum absolute atomic E-state index is 12.3. The van der Waals surface area contributed by atoms with Gasteiger partial charge in [-0.3, -0.25) is 14.5 Å². The summed E-state index contributed by atoms with van der Waals surface area (Å²) in [6.45, 7) is 6.16. The molecular formula is C18H23N3O2. The van der Waals surface area contributed by atoms with E-state index in [0.29, 0.717) is 0 Å². The van der Waals surface area contributed by atoms with Crippen LogP contribution in [0.25, 0.3) is 10.9 Å². The van der Waals surface area contributed by atoms with Crippen molar-refractivity contribution in [3.8, 4) is 0 Å². The third-order valence-corrected chi connectivity index (χ3v) is 4.43. The summed E-state index contributed by atoms with van der Waals surface area (Å²) in [4.78, 5) is 29.1. The first-order chi connectivity index (χ1) is 11.0. The predicted molar refractivity (Wildman–Crippen MR) is 91.4 cm³/mol. The average molecular weight is 313 g/mol. The molecule has 3 rings (SSSR count). The molecule has 0 saturated carbocycles. The molecule has 0 aliphatic carbocycles. The van der Waals surface area contributed by atoms with Crippen molar-refractivity contribution in [2.24, 2.45) is 0 Å². The van der Waals surface area contributed by atoms with Crippen molar-refractivity contribution in [1.29, 1.82) is 0 Å². The molecule has 1 amide bonds. The Balaban J connectivity index is 1.69. The fourth-order valence-corrected chi connectivity index (χ4v) is 3.26. The number of aromatic nitrogens is 1. The number of aromatic amines is 1. The number of hydrogen-bond donors (Lipinski definition) is 2. The Morgan fingerprint density at radius 1 is 1.30 bits per heavy atom. The lowest BCUT2D eigenvalue weighted by Gasteiger charge is -2.32. The van der Waals surface area contributed by atoms with Gasteiger partial charge in [0.25, 0.3) is 0 Å². The van der Waals surface area contributed by atoms with E-state index in [4.69, 9.17) is 0 Å². The number of rotatable bonds is 3. The molecule has 2 aromatic rings. The van der Waals surface area contributed by atoms with Crippen molar-refractivity contribution in [1.82, 2.24) is 15.2 Å². The standard InChI is InChI=1S/C18H23N3O2/c1-12-3-4-17-16(9-12)18(23)10-15(20-17)11-21-7-5-14(6-8-21)19-13(2)22/h3-4,9-10,14H,5-8,11H2,1-2H3,(H,19,22)(H,20,23). The molecule has 5 heteroatoms. The molecule has 1 fully saturated rings. The molecule has 0 radical (unpaired) electrons. The fraction of sp³-hybridized carbons (Fsp3) is 0.444. The number of H-pyrrole nitrogens is 1. The summed E-state index contributed by atoms with van der Waals surface area (Å²) < 4.78 is 0. The molecule has 2 N–H and O–H groups in total. The van der Waals surface area contributed by atoms with Crippen LogP contribution in [0.5, 0.6) is 0 Å². The van der Waals surface area contributed by atoms with Crippen molar-refractivity contribution in [3.05, 3.63) is 45.7 Å². The van der Waals surface area contributed by atoms with Crippen LogP contribution in [-0.4, -0.2) is 34.9 Å². The van der Waals surface area contributed by atoms with Gasteiger partial charge in [-0.15, -0.1) is 0 Å². The average Bonchev–Trinajstić information content (AvgIpc) is 2.50. The molecule has 122 valence electrons. The van der Waals surface area contributed by atoms with Crippen LogP contribution in [-0.2, 0) is 11.3 Å². The van der Waals surface area contributed by atoms with Crippen LogP contribution < -0.4 is 10.7 Å². The second-order valence-electron chi connectivity index (χ2n) is 6.46. The molecule has 0 bridgehead atoms. The van der Waals surface area contributed by atoms with Gasteiger partial charge >= 0.3 is 0 Å². The minimum Gasteiger partial charge on any atom is -0.357 e. The highest BCUT2D eigenvalue weighted by Gasteiger charge is 2.20. The number of fused-ring (bicyclic) bond motifs is 1. The first-order valence-electron chi connectivity index (χ1n) is 8.13. The number of amides is 1. The summed E-state index contributed by atoms with van der Waals surface area (Å²) in [5, 5.41) is 3.73.